The van der Waals surface area contributed by atoms with Gasteiger partial charge in [0.05, 0.1) is 25.8 Å². The van der Waals surface area contributed by atoms with Crippen molar-refractivity contribution in [3.05, 3.63) is 65.2 Å². The third kappa shape index (κ3) is 5.10. The van der Waals surface area contributed by atoms with E-state index < -0.39 is 32.6 Å². The number of aryl methyl sites for hydroxylation is 1. The molecule has 0 saturated carbocycles. The molecule has 5 nitrogen and oxygen atoms in total. The lowest BCUT2D eigenvalue weighted by molar-refractivity contribution is -0.909. The lowest BCUT2D eigenvalue weighted by atomic mass is 10.1. The largest absolute Gasteiger partial charge is 0.370 e. The molecule has 0 spiro atoms. The predicted octanol–water partition coefficient (Wildman–Crippen LogP) is 1.21. The molecule has 2 aromatic carbocycles. The van der Waals surface area contributed by atoms with E-state index in [0.29, 0.717) is 25.8 Å². The number of sulfonamides is 1. The molecule has 1 aliphatic heterocycles. The third-order valence-electron chi connectivity index (χ3n) is 4.65. The first-order valence-corrected chi connectivity index (χ1v) is 10.3. The molecule has 1 atom stereocenters. The Morgan fingerprint density at radius 2 is 1.78 bits per heavy atom. The Morgan fingerprint density at radius 3 is 2.41 bits per heavy atom. The van der Waals surface area contributed by atoms with Gasteiger partial charge >= 0.3 is 0 Å². The van der Waals surface area contributed by atoms with Crippen LogP contribution >= 0.6 is 0 Å². The Balaban J connectivity index is 1.88. The summed E-state index contributed by atoms with van der Waals surface area (Å²) in [4.78, 5) is 0.645. The van der Waals surface area contributed by atoms with Crippen LogP contribution in [0, 0.1) is 18.6 Å². The van der Waals surface area contributed by atoms with E-state index in [1.165, 1.54) is 4.90 Å². The van der Waals surface area contributed by atoms with Crippen LogP contribution in [0.15, 0.2) is 47.4 Å². The summed E-state index contributed by atoms with van der Waals surface area (Å²) in [6, 6.07) is 9.46. The second-order valence-electron chi connectivity index (χ2n) is 6.73. The molecule has 2 N–H and O–H groups in total. The molecule has 0 aliphatic carbocycles. The number of quaternary nitrogens is 1. The Bertz CT molecular complexity index is 882. The molecule has 0 aromatic heterocycles. The SMILES string of the molecule is Cc1ccc([C@@H](C[NH+]2CCOCC2)NS(=O)(=O)c2ccc(F)cc2F)cc1. The zero-order valence-corrected chi connectivity index (χ0v) is 15.9. The summed E-state index contributed by atoms with van der Waals surface area (Å²) in [5.41, 5.74) is 1.86. The van der Waals surface area contributed by atoms with Crippen molar-refractivity contribution in [1.29, 1.82) is 0 Å². The number of hydrogen-bond acceptors (Lipinski definition) is 3. The molecule has 8 heteroatoms. The topological polar surface area (TPSA) is 59.8 Å². The highest BCUT2D eigenvalue weighted by Gasteiger charge is 2.28. The van der Waals surface area contributed by atoms with Crippen molar-refractivity contribution in [3.63, 3.8) is 0 Å². The minimum Gasteiger partial charge on any atom is -0.370 e. The van der Waals surface area contributed by atoms with Crippen LogP contribution in [-0.2, 0) is 14.8 Å². The van der Waals surface area contributed by atoms with Crippen LogP contribution in [0.1, 0.15) is 17.2 Å². The van der Waals surface area contributed by atoms with Gasteiger partial charge in [-0.3, -0.25) is 0 Å². The molecule has 146 valence electrons. The fraction of sp³-hybridized carbons (Fsp3) is 0.368. The second-order valence-corrected chi connectivity index (χ2v) is 8.41. The quantitative estimate of drug-likeness (QED) is 0.770. The summed E-state index contributed by atoms with van der Waals surface area (Å²) < 4.78 is 60.6. The summed E-state index contributed by atoms with van der Waals surface area (Å²) in [6.07, 6.45) is 0. The molecular formula is C19H23F2N2O3S+. The summed E-state index contributed by atoms with van der Waals surface area (Å²) in [5, 5.41) is 0. The maximum atomic E-state index is 14.0. The first-order valence-electron chi connectivity index (χ1n) is 8.80. The number of halogens is 2. The van der Waals surface area contributed by atoms with E-state index in [1.54, 1.807) is 0 Å². The van der Waals surface area contributed by atoms with Crippen molar-refractivity contribution in [2.45, 2.75) is 17.9 Å². The zero-order chi connectivity index (χ0) is 19.4. The third-order valence-corrected chi connectivity index (χ3v) is 6.16. The van der Waals surface area contributed by atoms with E-state index in [0.717, 1.165) is 36.3 Å². The number of nitrogens with one attached hydrogen (secondary N) is 2. The Labute approximate surface area is 158 Å². The van der Waals surface area contributed by atoms with Crippen LogP contribution in [0.2, 0.25) is 0 Å². The maximum absolute atomic E-state index is 14.0. The summed E-state index contributed by atoms with van der Waals surface area (Å²) >= 11 is 0. The van der Waals surface area contributed by atoms with Crippen molar-refractivity contribution in [2.75, 3.05) is 32.8 Å². The van der Waals surface area contributed by atoms with Crippen molar-refractivity contribution >= 4 is 10.0 Å². The first kappa shape index (κ1) is 19.9. The van der Waals surface area contributed by atoms with Gasteiger partial charge in [-0.25, -0.2) is 17.2 Å². The monoisotopic (exact) mass is 397 g/mol. The molecule has 1 saturated heterocycles. The summed E-state index contributed by atoms with van der Waals surface area (Å²) in [6.45, 7) is 5.24. The van der Waals surface area contributed by atoms with Crippen molar-refractivity contribution in [2.24, 2.45) is 0 Å². The van der Waals surface area contributed by atoms with E-state index in [9.17, 15) is 17.2 Å². The molecule has 0 bridgehead atoms. The number of hydrogen-bond donors (Lipinski definition) is 2. The Hall–Kier alpha value is -1.87. The highest BCUT2D eigenvalue weighted by atomic mass is 32.2. The van der Waals surface area contributed by atoms with Gasteiger partial charge in [0.2, 0.25) is 10.0 Å². The van der Waals surface area contributed by atoms with Crippen molar-refractivity contribution in [3.8, 4) is 0 Å². The van der Waals surface area contributed by atoms with Gasteiger partial charge in [0.1, 0.15) is 29.6 Å². The molecule has 0 amide bonds. The van der Waals surface area contributed by atoms with Gasteiger partial charge in [-0.2, -0.15) is 4.72 Å². The minimum absolute atomic E-state index is 0.508. The van der Waals surface area contributed by atoms with Crippen LogP contribution in [0.25, 0.3) is 0 Å². The van der Waals surface area contributed by atoms with Gasteiger partial charge in [-0.05, 0) is 24.6 Å². The van der Waals surface area contributed by atoms with Crippen LogP contribution in [0.3, 0.4) is 0 Å². The average molecular weight is 397 g/mol. The Morgan fingerprint density at radius 1 is 1.11 bits per heavy atom. The van der Waals surface area contributed by atoms with E-state index in [2.05, 4.69) is 4.72 Å². The van der Waals surface area contributed by atoms with Crippen LogP contribution in [0.5, 0.6) is 0 Å². The number of benzene rings is 2. The number of rotatable bonds is 6. The maximum Gasteiger partial charge on any atom is 0.244 e. The van der Waals surface area contributed by atoms with Crippen LogP contribution in [0.4, 0.5) is 8.78 Å². The van der Waals surface area contributed by atoms with E-state index in [4.69, 9.17) is 4.74 Å². The average Bonchev–Trinajstić information content (AvgIpc) is 2.62. The lowest BCUT2D eigenvalue weighted by Gasteiger charge is -2.28. The van der Waals surface area contributed by atoms with E-state index in [1.807, 2.05) is 31.2 Å². The number of ether oxygens (including phenoxy) is 1. The molecule has 1 aliphatic rings. The Kier molecular flexibility index (Phi) is 6.21. The molecule has 0 radical (unpaired) electrons. The van der Waals surface area contributed by atoms with Crippen molar-refractivity contribution < 1.29 is 26.8 Å². The van der Waals surface area contributed by atoms with Gasteiger partial charge in [-0.15, -0.1) is 0 Å². The molecule has 2 aromatic rings. The highest BCUT2D eigenvalue weighted by molar-refractivity contribution is 7.89. The summed E-state index contributed by atoms with van der Waals surface area (Å²) in [7, 11) is -4.15. The van der Waals surface area contributed by atoms with E-state index >= 15 is 0 Å². The number of morpholine rings is 1. The van der Waals surface area contributed by atoms with Gasteiger partial charge < -0.3 is 9.64 Å². The molecule has 27 heavy (non-hydrogen) atoms. The van der Waals surface area contributed by atoms with Gasteiger partial charge in [-0.1, -0.05) is 29.8 Å². The smallest absolute Gasteiger partial charge is 0.244 e. The van der Waals surface area contributed by atoms with E-state index in [-0.39, 0.29) is 0 Å². The second kappa shape index (κ2) is 8.43. The van der Waals surface area contributed by atoms with Gasteiger partial charge in [0.15, 0.2) is 0 Å². The standard InChI is InChI=1S/C19H22F2N2O3S/c1-14-2-4-15(5-3-14)18(13-23-8-10-26-11-9-23)22-27(24,25)19-7-6-16(20)12-17(19)21/h2-7,12,18,22H,8-11,13H2,1H3/p+1/t18-/m1/s1. The summed E-state index contributed by atoms with van der Waals surface area (Å²) in [5.74, 6) is -1.93. The fourth-order valence-corrected chi connectivity index (χ4v) is 4.41. The van der Waals surface area contributed by atoms with Crippen molar-refractivity contribution in [1.82, 2.24) is 4.72 Å². The molecular weight excluding hydrogens is 374 g/mol. The van der Waals surface area contributed by atoms with Crippen LogP contribution in [-0.4, -0.2) is 41.3 Å². The fourth-order valence-electron chi connectivity index (χ4n) is 3.12. The molecule has 1 heterocycles. The van der Waals surface area contributed by atoms with Gasteiger partial charge in [0.25, 0.3) is 0 Å². The minimum atomic E-state index is -4.15. The first-order chi connectivity index (χ1) is 12.8. The normalized spacial score (nSPS) is 17.0. The highest BCUT2D eigenvalue weighted by Crippen LogP contribution is 2.20. The van der Waals surface area contributed by atoms with Crippen LogP contribution < -0.4 is 9.62 Å². The molecule has 3 rings (SSSR count). The predicted molar refractivity (Wildman–Crippen MR) is 97.0 cm³/mol. The lowest BCUT2D eigenvalue weighted by Crippen LogP contribution is -3.14. The van der Waals surface area contributed by atoms with Gasteiger partial charge in [0, 0.05) is 6.07 Å². The zero-order valence-electron chi connectivity index (χ0n) is 15.0. The molecule has 1 fully saturated rings. The molecule has 0 unspecified atom stereocenters.